The van der Waals surface area contributed by atoms with Crippen LogP contribution in [0.3, 0.4) is 0 Å². The number of carbonyl (C=O) groups is 1. The fraction of sp³-hybridized carbons (Fsp3) is 0.500. The molecule has 9 nitrogen and oxygen atoms in total. The Morgan fingerprint density at radius 1 is 1.11 bits per heavy atom. The highest BCUT2D eigenvalue weighted by atomic mass is 32.2. The Bertz CT molecular complexity index is 1160. The first-order valence-corrected chi connectivity index (χ1v) is 12.8. The van der Waals surface area contributed by atoms with Crippen molar-refractivity contribution in [2.45, 2.75) is 23.9 Å². The number of benzene rings is 1. The third-order valence-electron chi connectivity index (χ3n) is 6.73. The molecule has 0 radical (unpaired) electrons. The average Bonchev–Trinajstić information content (AvgIpc) is 2.88. The number of aromatic nitrogens is 2. The summed E-state index contributed by atoms with van der Waals surface area (Å²) in [6, 6.07) is 5.26. The van der Waals surface area contributed by atoms with Crippen LogP contribution in [0, 0.1) is 5.92 Å². The van der Waals surface area contributed by atoms with Crippen LogP contribution in [0.2, 0.25) is 0 Å². The van der Waals surface area contributed by atoms with Crippen LogP contribution in [0.1, 0.15) is 18.4 Å². The largest absolute Gasteiger partial charge is 0.416 e. The molecule has 2 N–H and O–H groups in total. The van der Waals surface area contributed by atoms with Gasteiger partial charge in [-0.15, -0.1) is 0 Å². The van der Waals surface area contributed by atoms with Crippen LogP contribution in [0.25, 0.3) is 0 Å². The Balaban J connectivity index is 1.50. The molecule has 0 spiro atoms. The van der Waals surface area contributed by atoms with Crippen LogP contribution in [0.15, 0.2) is 41.6 Å². The molecule has 13 heteroatoms. The van der Waals surface area contributed by atoms with Crippen LogP contribution >= 0.6 is 0 Å². The van der Waals surface area contributed by atoms with Gasteiger partial charge in [0, 0.05) is 33.2 Å². The topological polar surface area (TPSA) is 104 Å². The van der Waals surface area contributed by atoms with Crippen molar-refractivity contribution < 1.29 is 26.4 Å². The number of nitrogens with one attached hydrogen (secondary N) is 2. The molecule has 2 aliphatic rings. The molecule has 0 atom stereocenters. The minimum atomic E-state index is -4.54. The van der Waals surface area contributed by atoms with E-state index < -0.39 is 21.8 Å². The van der Waals surface area contributed by atoms with Gasteiger partial charge in [0.2, 0.25) is 15.8 Å². The summed E-state index contributed by atoms with van der Waals surface area (Å²) < 4.78 is 65.8. The van der Waals surface area contributed by atoms with E-state index >= 15 is 0 Å². The lowest BCUT2D eigenvalue weighted by Gasteiger charge is -2.41. The smallest absolute Gasteiger partial charge is 0.373 e. The summed E-state index contributed by atoms with van der Waals surface area (Å²) in [6.45, 7) is 2.58. The highest BCUT2D eigenvalue weighted by molar-refractivity contribution is 7.89. The summed E-state index contributed by atoms with van der Waals surface area (Å²) >= 11 is 0. The van der Waals surface area contributed by atoms with Gasteiger partial charge in [0.25, 0.3) is 0 Å². The van der Waals surface area contributed by atoms with Crippen molar-refractivity contribution in [2.75, 3.05) is 51.6 Å². The fourth-order valence-electron chi connectivity index (χ4n) is 4.71. The minimum absolute atomic E-state index is 0.00108. The van der Waals surface area contributed by atoms with Gasteiger partial charge in [0.15, 0.2) is 0 Å². The molecule has 4 rings (SSSR count). The minimum Gasteiger partial charge on any atom is -0.373 e. The monoisotopic (exact) mass is 513 g/mol. The molecule has 1 aromatic carbocycles. The SMILES string of the molecule is CNc1cc([N+]2(C(=O)C3CCN(S(=O)(=O)c4ccc(C(F)(F)F)cc4)CC3)CCNCC2)ncn1. The van der Waals surface area contributed by atoms with Crippen molar-refractivity contribution in [3.63, 3.8) is 0 Å². The lowest BCUT2D eigenvalue weighted by atomic mass is 9.94. The van der Waals surface area contributed by atoms with Crippen LogP contribution in [-0.2, 0) is 21.0 Å². The van der Waals surface area contributed by atoms with Gasteiger partial charge in [0.1, 0.15) is 25.2 Å². The number of rotatable bonds is 5. The third-order valence-corrected chi connectivity index (χ3v) is 8.65. The molecule has 190 valence electrons. The van der Waals surface area contributed by atoms with Gasteiger partial charge in [-0.05, 0) is 37.1 Å². The molecule has 0 saturated carbocycles. The zero-order chi connectivity index (χ0) is 25.3. The first-order valence-electron chi connectivity index (χ1n) is 11.4. The van der Waals surface area contributed by atoms with E-state index in [-0.39, 0.29) is 34.3 Å². The molecule has 0 aliphatic carbocycles. The molecule has 0 bridgehead atoms. The number of nitrogens with zero attached hydrogens (tertiary/aromatic N) is 4. The van der Waals surface area contributed by atoms with Crippen molar-refractivity contribution in [2.24, 2.45) is 5.92 Å². The lowest BCUT2D eigenvalue weighted by Crippen LogP contribution is -2.65. The zero-order valence-electron chi connectivity index (χ0n) is 19.3. The number of quaternary nitrogens is 1. The number of anilines is 1. The Kier molecular flexibility index (Phi) is 7.13. The van der Waals surface area contributed by atoms with E-state index in [1.807, 2.05) is 0 Å². The predicted molar refractivity (Wildman–Crippen MR) is 124 cm³/mol. The van der Waals surface area contributed by atoms with E-state index in [9.17, 15) is 26.4 Å². The summed E-state index contributed by atoms with van der Waals surface area (Å²) in [5.41, 5.74) is -0.906. The van der Waals surface area contributed by atoms with Crippen LogP contribution < -0.4 is 15.1 Å². The molecule has 1 aromatic heterocycles. The number of piperidine rings is 1. The first-order chi connectivity index (χ1) is 16.6. The van der Waals surface area contributed by atoms with Gasteiger partial charge < -0.3 is 10.6 Å². The van der Waals surface area contributed by atoms with E-state index in [1.54, 1.807) is 13.1 Å². The van der Waals surface area contributed by atoms with E-state index in [0.29, 0.717) is 50.7 Å². The Labute approximate surface area is 202 Å². The zero-order valence-corrected chi connectivity index (χ0v) is 20.1. The molecule has 35 heavy (non-hydrogen) atoms. The van der Waals surface area contributed by atoms with E-state index in [4.69, 9.17) is 0 Å². The Morgan fingerprint density at radius 2 is 1.74 bits per heavy atom. The van der Waals surface area contributed by atoms with Crippen molar-refractivity contribution in [3.8, 4) is 0 Å². The molecule has 2 saturated heterocycles. The van der Waals surface area contributed by atoms with Crippen molar-refractivity contribution in [1.82, 2.24) is 24.1 Å². The second kappa shape index (κ2) is 9.80. The number of piperazine rings is 1. The van der Waals surface area contributed by atoms with Crippen molar-refractivity contribution >= 4 is 27.6 Å². The van der Waals surface area contributed by atoms with E-state index in [1.165, 1.54) is 10.6 Å². The molecule has 0 unspecified atom stereocenters. The quantitative estimate of drug-likeness (QED) is 0.590. The van der Waals surface area contributed by atoms with Gasteiger partial charge in [-0.25, -0.2) is 22.7 Å². The maximum atomic E-state index is 13.8. The number of hydrogen-bond donors (Lipinski definition) is 2. The molecular formula is C22H28F3N6O3S+. The molecule has 2 fully saturated rings. The molecule has 3 heterocycles. The molecule has 2 aromatic rings. The summed E-state index contributed by atoms with van der Waals surface area (Å²) in [5, 5.41) is 6.24. The summed E-state index contributed by atoms with van der Waals surface area (Å²) in [6.07, 6.45) is -2.45. The van der Waals surface area contributed by atoms with Gasteiger partial charge in [0.05, 0.1) is 22.4 Å². The second-order valence-corrected chi connectivity index (χ2v) is 10.7. The molecular weight excluding hydrogens is 485 g/mol. The van der Waals surface area contributed by atoms with Gasteiger partial charge in [-0.1, -0.05) is 0 Å². The average molecular weight is 514 g/mol. The van der Waals surface area contributed by atoms with Crippen molar-refractivity contribution in [1.29, 1.82) is 0 Å². The number of halogens is 3. The van der Waals surface area contributed by atoms with Gasteiger partial charge in [-0.2, -0.15) is 22.5 Å². The molecule has 1 amide bonds. The summed E-state index contributed by atoms with van der Waals surface area (Å²) in [5.74, 6) is 0.853. The third kappa shape index (κ3) is 5.03. The fourth-order valence-corrected chi connectivity index (χ4v) is 6.18. The Hall–Kier alpha value is -2.61. The lowest BCUT2D eigenvalue weighted by molar-refractivity contribution is -0.138. The van der Waals surface area contributed by atoms with Gasteiger partial charge >= 0.3 is 12.1 Å². The summed E-state index contributed by atoms with van der Waals surface area (Å²) in [4.78, 5) is 22.2. The summed E-state index contributed by atoms with van der Waals surface area (Å²) in [7, 11) is -2.23. The first kappa shape index (κ1) is 25.5. The maximum absolute atomic E-state index is 13.8. The van der Waals surface area contributed by atoms with Crippen LogP contribution in [-0.4, -0.2) is 74.9 Å². The highest BCUT2D eigenvalue weighted by Gasteiger charge is 2.47. The normalized spacial score (nSPS) is 19.9. The second-order valence-electron chi connectivity index (χ2n) is 8.72. The maximum Gasteiger partial charge on any atom is 0.416 e. The number of alkyl halides is 3. The number of sulfonamides is 1. The number of hydrogen-bond acceptors (Lipinski definition) is 7. The number of amides is 1. The van der Waals surface area contributed by atoms with Gasteiger partial charge in [-0.3, -0.25) is 0 Å². The number of carbonyl (C=O) groups excluding carboxylic acids is 1. The molecule has 2 aliphatic heterocycles. The predicted octanol–water partition coefficient (Wildman–Crippen LogP) is 2.08. The van der Waals surface area contributed by atoms with E-state index in [2.05, 4.69) is 20.6 Å². The van der Waals surface area contributed by atoms with Crippen LogP contribution in [0.4, 0.5) is 24.8 Å². The standard InChI is InChI=1S/C22H28F3N6O3S/c1-26-19-14-20(29-15-28-19)31(12-8-27-9-13-31)21(32)16-6-10-30(11-7-16)35(33,34)18-4-2-17(3-5-18)22(23,24)25/h2-5,14-16,27H,6-13H2,1H3,(H,26,28,29)/q+1. The van der Waals surface area contributed by atoms with Crippen molar-refractivity contribution in [3.05, 3.63) is 42.2 Å². The van der Waals surface area contributed by atoms with Crippen LogP contribution in [0.5, 0.6) is 0 Å². The Morgan fingerprint density at radius 3 is 2.31 bits per heavy atom. The highest BCUT2D eigenvalue weighted by Crippen LogP contribution is 2.33. The van der Waals surface area contributed by atoms with E-state index in [0.717, 1.165) is 24.3 Å².